The summed E-state index contributed by atoms with van der Waals surface area (Å²) in [5.74, 6) is -0.617. The van der Waals surface area contributed by atoms with Gasteiger partial charge in [-0.15, -0.1) is 0 Å². The van der Waals surface area contributed by atoms with Crippen molar-refractivity contribution < 1.29 is 14.3 Å². The Hall–Kier alpha value is -0.910. The highest BCUT2D eigenvalue weighted by molar-refractivity contribution is 5.81. The second-order valence-electron chi connectivity index (χ2n) is 5.09. The highest BCUT2D eigenvalue weighted by Gasteiger charge is 2.33. The van der Waals surface area contributed by atoms with E-state index in [1.54, 1.807) is 0 Å². The normalized spacial score (nSPS) is 35.1. The average Bonchev–Trinajstić information content (AvgIpc) is 2.81. The van der Waals surface area contributed by atoms with Crippen LogP contribution in [0, 0.1) is 5.92 Å². The molecule has 3 N–H and O–H groups in total. The molecule has 5 nitrogen and oxygen atoms in total. The SMILES string of the molecule is CC1(C)OCC(CNC(=O)C2C=CC(N)C2)O1. The summed E-state index contributed by atoms with van der Waals surface area (Å²) < 4.78 is 11.0. The Bertz CT molecular complexity index is 328. The highest BCUT2D eigenvalue weighted by atomic mass is 16.7. The fraction of sp³-hybridized carbons (Fsp3) is 0.750. The fourth-order valence-electron chi connectivity index (χ4n) is 2.13. The van der Waals surface area contributed by atoms with Gasteiger partial charge < -0.3 is 20.5 Å². The van der Waals surface area contributed by atoms with E-state index in [4.69, 9.17) is 15.2 Å². The van der Waals surface area contributed by atoms with E-state index in [0.717, 1.165) is 0 Å². The van der Waals surface area contributed by atoms with Crippen LogP contribution in [0.15, 0.2) is 12.2 Å². The van der Waals surface area contributed by atoms with Gasteiger partial charge in [0.2, 0.25) is 5.91 Å². The molecular formula is C12H20N2O3. The number of nitrogens with one attached hydrogen (secondary N) is 1. The molecule has 1 fully saturated rings. The van der Waals surface area contributed by atoms with Crippen molar-refractivity contribution in [1.82, 2.24) is 5.32 Å². The zero-order chi connectivity index (χ0) is 12.5. The van der Waals surface area contributed by atoms with Crippen LogP contribution in [-0.4, -0.2) is 37.0 Å². The topological polar surface area (TPSA) is 73.6 Å². The number of carbonyl (C=O) groups is 1. The Kier molecular flexibility index (Phi) is 3.51. The van der Waals surface area contributed by atoms with Gasteiger partial charge in [0.1, 0.15) is 6.10 Å². The number of hydrogen-bond acceptors (Lipinski definition) is 4. The lowest BCUT2D eigenvalue weighted by Gasteiger charge is -2.18. The third-order valence-corrected chi connectivity index (χ3v) is 3.02. The second kappa shape index (κ2) is 4.76. The van der Waals surface area contributed by atoms with Crippen molar-refractivity contribution in [3.05, 3.63) is 12.2 Å². The summed E-state index contributed by atoms with van der Waals surface area (Å²) in [5, 5.41) is 2.87. The van der Waals surface area contributed by atoms with Crippen LogP contribution in [0.2, 0.25) is 0 Å². The zero-order valence-corrected chi connectivity index (χ0v) is 10.3. The molecule has 0 aromatic heterocycles. The molecule has 5 heteroatoms. The molecule has 2 rings (SSSR count). The van der Waals surface area contributed by atoms with E-state index in [-0.39, 0.29) is 24.0 Å². The Balaban J connectivity index is 1.72. The molecule has 0 aromatic rings. The third-order valence-electron chi connectivity index (χ3n) is 3.02. The van der Waals surface area contributed by atoms with Gasteiger partial charge in [-0.1, -0.05) is 12.2 Å². The van der Waals surface area contributed by atoms with Crippen molar-refractivity contribution in [2.45, 2.75) is 38.2 Å². The van der Waals surface area contributed by atoms with Crippen molar-refractivity contribution in [1.29, 1.82) is 0 Å². The molecule has 0 radical (unpaired) electrons. The van der Waals surface area contributed by atoms with Crippen molar-refractivity contribution >= 4 is 5.91 Å². The predicted octanol–water partition coefficient (Wildman–Crippen LogP) is 0.158. The van der Waals surface area contributed by atoms with Crippen LogP contribution in [0.1, 0.15) is 20.3 Å². The molecule has 3 atom stereocenters. The van der Waals surface area contributed by atoms with Gasteiger partial charge in [-0.05, 0) is 20.3 Å². The molecule has 1 heterocycles. The quantitative estimate of drug-likeness (QED) is 0.689. The number of hydrogen-bond donors (Lipinski definition) is 2. The summed E-state index contributed by atoms with van der Waals surface area (Å²) in [6.07, 6.45) is 4.38. The fourth-order valence-corrected chi connectivity index (χ4v) is 2.13. The van der Waals surface area contributed by atoms with E-state index in [2.05, 4.69) is 5.32 Å². The largest absolute Gasteiger partial charge is 0.353 e. The van der Waals surface area contributed by atoms with Gasteiger partial charge >= 0.3 is 0 Å². The minimum atomic E-state index is -0.537. The molecule has 0 bridgehead atoms. The van der Waals surface area contributed by atoms with E-state index in [1.165, 1.54) is 0 Å². The lowest BCUT2D eigenvalue weighted by atomic mass is 10.1. The van der Waals surface area contributed by atoms with Gasteiger partial charge in [-0.3, -0.25) is 4.79 Å². The van der Waals surface area contributed by atoms with Crippen LogP contribution in [0.3, 0.4) is 0 Å². The number of rotatable bonds is 3. The van der Waals surface area contributed by atoms with Crippen molar-refractivity contribution in [3.63, 3.8) is 0 Å². The van der Waals surface area contributed by atoms with Crippen LogP contribution in [0.25, 0.3) is 0 Å². The average molecular weight is 240 g/mol. The monoisotopic (exact) mass is 240 g/mol. The van der Waals surface area contributed by atoms with Crippen molar-refractivity contribution in [2.75, 3.05) is 13.2 Å². The van der Waals surface area contributed by atoms with Crippen LogP contribution in [-0.2, 0) is 14.3 Å². The molecule has 0 saturated carbocycles. The van der Waals surface area contributed by atoms with Gasteiger partial charge in [0.25, 0.3) is 0 Å². The lowest BCUT2D eigenvalue weighted by Crippen LogP contribution is -2.37. The zero-order valence-electron chi connectivity index (χ0n) is 10.3. The van der Waals surface area contributed by atoms with Crippen LogP contribution in [0.5, 0.6) is 0 Å². The van der Waals surface area contributed by atoms with Gasteiger partial charge in [0.15, 0.2) is 5.79 Å². The molecular weight excluding hydrogens is 220 g/mol. The maximum atomic E-state index is 11.8. The molecule has 1 amide bonds. The number of ether oxygens (including phenoxy) is 2. The first-order chi connectivity index (χ1) is 7.96. The van der Waals surface area contributed by atoms with Crippen molar-refractivity contribution in [3.8, 4) is 0 Å². The van der Waals surface area contributed by atoms with E-state index in [0.29, 0.717) is 19.6 Å². The van der Waals surface area contributed by atoms with E-state index >= 15 is 0 Å². The minimum Gasteiger partial charge on any atom is -0.353 e. The number of carbonyl (C=O) groups excluding carboxylic acids is 1. The maximum Gasteiger partial charge on any atom is 0.227 e. The molecule has 1 aliphatic carbocycles. The van der Waals surface area contributed by atoms with Gasteiger partial charge in [0.05, 0.1) is 12.5 Å². The molecule has 0 aromatic carbocycles. The Morgan fingerprint density at radius 2 is 2.29 bits per heavy atom. The Morgan fingerprint density at radius 1 is 1.53 bits per heavy atom. The molecule has 17 heavy (non-hydrogen) atoms. The summed E-state index contributed by atoms with van der Waals surface area (Å²) >= 11 is 0. The van der Waals surface area contributed by atoms with Gasteiger partial charge in [0, 0.05) is 12.6 Å². The highest BCUT2D eigenvalue weighted by Crippen LogP contribution is 2.22. The van der Waals surface area contributed by atoms with Crippen molar-refractivity contribution in [2.24, 2.45) is 11.7 Å². The first kappa shape index (κ1) is 12.5. The van der Waals surface area contributed by atoms with E-state index in [1.807, 2.05) is 26.0 Å². The Morgan fingerprint density at radius 3 is 2.82 bits per heavy atom. The molecule has 3 unspecified atom stereocenters. The smallest absolute Gasteiger partial charge is 0.227 e. The van der Waals surface area contributed by atoms with Crippen LogP contribution >= 0.6 is 0 Å². The summed E-state index contributed by atoms with van der Waals surface area (Å²) in [7, 11) is 0. The minimum absolute atomic E-state index is 0.00995. The van der Waals surface area contributed by atoms with Crippen LogP contribution < -0.4 is 11.1 Å². The maximum absolute atomic E-state index is 11.8. The molecule has 0 spiro atoms. The van der Waals surface area contributed by atoms with Gasteiger partial charge in [-0.2, -0.15) is 0 Å². The molecule has 1 saturated heterocycles. The van der Waals surface area contributed by atoms with Gasteiger partial charge in [-0.25, -0.2) is 0 Å². The first-order valence-corrected chi connectivity index (χ1v) is 6.00. The first-order valence-electron chi connectivity index (χ1n) is 6.00. The number of amides is 1. The summed E-state index contributed by atoms with van der Waals surface area (Å²) in [5.41, 5.74) is 5.71. The van der Waals surface area contributed by atoms with Crippen LogP contribution in [0.4, 0.5) is 0 Å². The summed E-state index contributed by atoms with van der Waals surface area (Å²) in [6.45, 7) is 4.75. The second-order valence-corrected chi connectivity index (χ2v) is 5.09. The lowest BCUT2D eigenvalue weighted by molar-refractivity contribution is -0.139. The standard InChI is InChI=1S/C12H20N2O3/c1-12(2)16-7-10(17-12)6-14-11(15)8-3-4-9(13)5-8/h3-4,8-10H,5-7,13H2,1-2H3,(H,14,15). The van der Waals surface area contributed by atoms with E-state index in [9.17, 15) is 4.79 Å². The molecule has 96 valence electrons. The Labute approximate surface area is 101 Å². The molecule has 2 aliphatic rings. The van der Waals surface area contributed by atoms with E-state index < -0.39 is 5.79 Å². The summed E-state index contributed by atoms with van der Waals surface area (Å²) in [6, 6.07) is 0.00995. The number of nitrogens with two attached hydrogens (primary N) is 1. The predicted molar refractivity (Wildman–Crippen MR) is 63.1 cm³/mol. The third kappa shape index (κ3) is 3.28. The summed E-state index contributed by atoms with van der Waals surface area (Å²) in [4.78, 5) is 11.8. The molecule has 1 aliphatic heterocycles.